The van der Waals surface area contributed by atoms with Crippen molar-refractivity contribution in [2.45, 2.75) is 44.1 Å². The van der Waals surface area contributed by atoms with Gasteiger partial charge in [-0.2, -0.15) is 9.78 Å². The SMILES string of the molecule is N#Cc1ccc(-c2cc(=O)n3[nH]c(NC45CC6CC(CC(C6)C4)C5)c(-c4ccc(Cl)cc4Cl)c3n2)cc1. The summed E-state index contributed by atoms with van der Waals surface area (Å²) in [5.74, 6) is 3.09. The Labute approximate surface area is 224 Å². The molecular weight excluding hydrogens is 505 g/mol. The summed E-state index contributed by atoms with van der Waals surface area (Å²) < 4.78 is 1.50. The Morgan fingerprint density at radius 3 is 2.30 bits per heavy atom. The highest BCUT2D eigenvalue weighted by molar-refractivity contribution is 6.36. The number of aromatic nitrogens is 3. The first-order chi connectivity index (χ1) is 17.9. The van der Waals surface area contributed by atoms with Crippen molar-refractivity contribution >= 4 is 34.7 Å². The third-order valence-electron chi connectivity index (χ3n) is 8.55. The number of H-pyrrole nitrogens is 1. The second-order valence-electron chi connectivity index (χ2n) is 11.1. The van der Waals surface area contributed by atoms with Crippen molar-refractivity contribution in [2.24, 2.45) is 17.8 Å². The van der Waals surface area contributed by atoms with Crippen molar-refractivity contribution in [3.05, 3.63) is 74.5 Å². The van der Waals surface area contributed by atoms with E-state index in [-0.39, 0.29) is 11.1 Å². The van der Waals surface area contributed by atoms with Gasteiger partial charge in [0.05, 0.1) is 27.9 Å². The first kappa shape index (κ1) is 22.9. The van der Waals surface area contributed by atoms with Gasteiger partial charge >= 0.3 is 0 Å². The Kier molecular flexibility index (Phi) is 5.18. The van der Waals surface area contributed by atoms with Crippen molar-refractivity contribution < 1.29 is 0 Å². The van der Waals surface area contributed by atoms with Gasteiger partial charge < -0.3 is 5.32 Å². The second-order valence-corrected chi connectivity index (χ2v) is 12.0. The molecule has 8 heteroatoms. The summed E-state index contributed by atoms with van der Waals surface area (Å²) in [6.45, 7) is 0. The van der Waals surface area contributed by atoms with E-state index in [0.717, 1.165) is 59.5 Å². The van der Waals surface area contributed by atoms with Crippen LogP contribution >= 0.6 is 23.2 Å². The number of nitrogens with zero attached hydrogens (tertiary/aromatic N) is 3. The van der Waals surface area contributed by atoms with E-state index in [1.165, 1.54) is 29.8 Å². The van der Waals surface area contributed by atoms with Gasteiger partial charge in [-0.15, -0.1) is 0 Å². The summed E-state index contributed by atoms with van der Waals surface area (Å²) in [6, 6.07) is 16.2. The molecule has 4 saturated carbocycles. The maximum absolute atomic E-state index is 13.4. The normalized spacial score (nSPS) is 25.9. The molecule has 0 aliphatic heterocycles. The fourth-order valence-corrected chi connectivity index (χ4v) is 7.97. The average molecular weight is 530 g/mol. The van der Waals surface area contributed by atoms with Crippen molar-refractivity contribution in [1.29, 1.82) is 5.26 Å². The van der Waals surface area contributed by atoms with Gasteiger partial charge in [-0.05, 0) is 80.5 Å². The van der Waals surface area contributed by atoms with Crippen molar-refractivity contribution in [3.63, 3.8) is 0 Å². The van der Waals surface area contributed by atoms with E-state index in [9.17, 15) is 4.79 Å². The minimum absolute atomic E-state index is 0.0167. The highest BCUT2D eigenvalue weighted by atomic mass is 35.5. The third kappa shape index (κ3) is 3.84. The maximum Gasteiger partial charge on any atom is 0.273 e. The van der Waals surface area contributed by atoms with Gasteiger partial charge in [-0.1, -0.05) is 41.4 Å². The van der Waals surface area contributed by atoms with E-state index in [1.807, 2.05) is 24.3 Å². The monoisotopic (exact) mass is 529 g/mol. The Balaban J connectivity index is 1.41. The third-order valence-corrected chi connectivity index (χ3v) is 9.10. The molecule has 186 valence electrons. The highest BCUT2D eigenvalue weighted by Crippen LogP contribution is 2.57. The number of benzene rings is 2. The predicted octanol–water partition coefficient (Wildman–Crippen LogP) is 6.92. The predicted molar refractivity (Wildman–Crippen MR) is 146 cm³/mol. The molecule has 2 N–H and O–H groups in total. The lowest BCUT2D eigenvalue weighted by Crippen LogP contribution is -2.54. The van der Waals surface area contributed by atoms with Crippen LogP contribution in [0.25, 0.3) is 28.0 Å². The number of halogens is 2. The van der Waals surface area contributed by atoms with Crippen LogP contribution in [-0.4, -0.2) is 20.1 Å². The molecule has 0 atom stereocenters. The fraction of sp³-hybridized carbons (Fsp3) is 0.345. The smallest absolute Gasteiger partial charge is 0.273 e. The summed E-state index contributed by atoms with van der Waals surface area (Å²) in [5, 5.41) is 17.5. The lowest BCUT2D eigenvalue weighted by atomic mass is 9.53. The molecule has 4 fully saturated rings. The van der Waals surface area contributed by atoms with Crippen LogP contribution in [0, 0.1) is 29.1 Å². The zero-order valence-electron chi connectivity index (χ0n) is 20.1. The molecule has 4 aliphatic carbocycles. The molecule has 4 bridgehead atoms. The number of anilines is 1. The molecule has 0 radical (unpaired) electrons. The number of fused-ring (bicyclic) bond motifs is 1. The molecule has 0 unspecified atom stereocenters. The lowest BCUT2D eigenvalue weighted by Gasteiger charge is -2.57. The van der Waals surface area contributed by atoms with Crippen LogP contribution in [-0.2, 0) is 0 Å². The van der Waals surface area contributed by atoms with E-state index in [0.29, 0.717) is 26.9 Å². The van der Waals surface area contributed by atoms with E-state index < -0.39 is 0 Å². The van der Waals surface area contributed by atoms with Crippen LogP contribution in [0.5, 0.6) is 0 Å². The molecule has 2 aromatic heterocycles. The van der Waals surface area contributed by atoms with Gasteiger partial charge in [-0.3, -0.25) is 9.89 Å². The molecule has 0 amide bonds. The van der Waals surface area contributed by atoms with Crippen molar-refractivity contribution in [1.82, 2.24) is 14.6 Å². The van der Waals surface area contributed by atoms with E-state index in [1.54, 1.807) is 18.2 Å². The quantitative estimate of drug-likeness (QED) is 0.300. The molecule has 4 aliphatic rings. The number of rotatable bonds is 4. The van der Waals surface area contributed by atoms with Crippen LogP contribution in [0.2, 0.25) is 10.0 Å². The summed E-state index contributed by atoms with van der Waals surface area (Å²) in [4.78, 5) is 18.3. The topological polar surface area (TPSA) is 86.0 Å². The van der Waals surface area contributed by atoms with Gasteiger partial charge in [0.1, 0.15) is 5.82 Å². The molecule has 2 heterocycles. The number of nitriles is 1. The molecule has 4 aromatic rings. The fourth-order valence-electron chi connectivity index (χ4n) is 7.47. The largest absolute Gasteiger partial charge is 0.364 e. The standard InChI is InChI=1S/C29H25Cl2N5O/c30-21-5-6-22(23(31)10-21)26-27(34-29-12-17-7-18(13-29)9-19(8-17)14-29)35-36-25(37)11-24(33-28(26)36)20-3-1-16(15-32)2-4-20/h1-6,10-11,17-19,34-35H,7-9,12-14H2. The minimum Gasteiger partial charge on any atom is -0.364 e. The number of hydrogen-bond acceptors (Lipinski definition) is 4. The van der Waals surface area contributed by atoms with Gasteiger partial charge in [0.25, 0.3) is 5.56 Å². The van der Waals surface area contributed by atoms with Crippen LogP contribution in [0.4, 0.5) is 5.82 Å². The summed E-state index contributed by atoms with van der Waals surface area (Å²) >= 11 is 13.0. The zero-order chi connectivity index (χ0) is 25.3. The van der Waals surface area contributed by atoms with Crippen LogP contribution in [0.3, 0.4) is 0 Å². The average Bonchev–Trinajstić information content (AvgIpc) is 3.21. The molecular formula is C29H25Cl2N5O. The van der Waals surface area contributed by atoms with Gasteiger partial charge in [0, 0.05) is 27.8 Å². The molecule has 2 aromatic carbocycles. The van der Waals surface area contributed by atoms with Gasteiger partial charge in [-0.25, -0.2) is 4.98 Å². The first-order valence-electron chi connectivity index (χ1n) is 12.8. The van der Waals surface area contributed by atoms with Gasteiger partial charge in [0.15, 0.2) is 5.65 Å². The van der Waals surface area contributed by atoms with Gasteiger partial charge in [0.2, 0.25) is 0 Å². The molecule has 0 spiro atoms. The second kappa shape index (κ2) is 8.37. The lowest BCUT2D eigenvalue weighted by molar-refractivity contribution is 0.0105. The van der Waals surface area contributed by atoms with E-state index in [4.69, 9.17) is 33.4 Å². The molecule has 37 heavy (non-hydrogen) atoms. The molecule has 6 nitrogen and oxygen atoms in total. The minimum atomic E-state index is -0.214. The maximum atomic E-state index is 13.4. The Morgan fingerprint density at radius 1 is 1.00 bits per heavy atom. The highest BCUT2D eigenvalue weighted by Gasteiger charge is 2.51. The van der Waals surface area contributed by atoms with Crippen LogP contribution in [0.15, 0.2) is 53.3 Å². The van der Waals surface area contributed by atoms with Crippen molar-refractivity contribution in [3.8, 4) is 28.5 Å². The summed E-state index contributed by atoms with van der Waals surface area (Å²) in [6.07, 6.45) is 7.50. The summed E-state index contributed by atoms with van der Waals surface area (Å²) in [7, 11) is 0. The Bertz CT molecular complexity index is 1610. The molecule has 0 saturated heterocycles. The first-order valence-corrected chi connectivity index (χ1v) is 13.6. The van der Waals surface area contributed by atoms with E-state index >= 15 is 0 Å². The van der Waals surface area contributed by atoms with E-state index in [2.05, 4.69) is 16.5 Å². The zero-order valence-corrected chi connectivity index (χ0v) is 21.6. The van der Waals surface area contributed by atoms with Crippen LogP contribution < -0.4 is 10.9 Å². The van der Waals surface area contributed by atoms with Crippen molar-refractivity contribution in [2.75, 3.05) is 5.32 Å². The number of nitrogens with one attached hydrogen (secondary N) is 2. The Hall–Kier alpha value is -3.27. The number of aromatic amines is 1. The summed E-state index contributed by atoms with van der Waals surface area (Å²) in [5.41, 5.74) is 3.70. The number of hydrogen-bond donors (Lipinski definition) is 2. The van der Waals surface area contributed by atoms with Crippen LogP contribution in [0.1, 0.15) is 44.1 Å². The Morgan fingerprint density at radius 2 is 1.68 bits per heavy atom. The molecule has 8 rings (SSSR count).